The molecule has 2 rings (SSSR count). The lowest BCUT2D eigenvalue weighted by Gasteiger charge is -2.22. The molecule has 1 aliphatic carbocycles. The minimum absolute atomic E-state index is 0.0584. The zero-order valence-electron chi connectivity index (χ0n) is 10.3. The van der Waals surface area contributed by atoms with Gasteiger partial charge in [-0.1, -0.05) is 6.42 Å². The van der Waals surface area contributed by atoms with Crippen LogP contribution in [0.25, 0.3) is 0 Å². The fourth-order valence-corrected chi connectivity index (χ4v) is 2.13. The fourth-order valence-electron chi connectivity index (χ4n) is 2.13. The summed E-state index contributed by atoms with van der Waals surface area (Å²) in [5.41, 5.74) is 0. The van der Waals surface area contributed by atoms with Crippen molar-refractivity contribution in [3.05, 3.63) is 18.2 Å². The van der Waals surface area contributed by atoms with Crippen molar-refractivity contribution >= 4 is 5.97 Å². The van der Waals surface area contributed by atoms with Crippen LogP contribution in [0.4, 0.5) is 0 Å². The van der Waals surface area contributed by atoms with Gasteiger partial charge in [-0.15, -0.1) is 0 Å². The number of carbonyl (C=O) groups is 1. The van der Waals surface area contributed by atoms with Crippen LogP contribution in [0.3, 0.4) is 0 Å². The van der Waals surface area contributed by atoms with E-state index in [0.29, 0.717) is 18.0 Å². The summed E-state index contributed by atoms with van der Waals surface area (Å²) in [6.45, 7) is 0. The Labute approximate surface area is 106 Å². The maximum Gasteiger partial charge on any atom is 0.303 e. The Morgan fingerprint density at radius 1 is 1.28 bits per heavy atom. The number of aliphatic carboxylic acids is 1. The third-order valence-corrected chi connectivity index (χ3v) is 3.10. The molecule has 1 aliphatic rings. The van der Waals surface area contributed by atoms with Crippen LogP contribution in [0, 0.1) is 0 Å². The van der Waals surface area contributed by atoms with Crippen molar-refractivity contribution in [1.29, 1.82) is 0 Å². The van der Waals surface area contributed by atoms with Crippen LogP contribution in [0.15, 0.2) is 12.4 Å². The van der Waals surface area contributed by atoms with Gasteiger partial charge in [-0.25, -0.2) is 9.97 Å². The summed E-state index contributed by atoms with van der Waals surface area (Å²) in [5.74, 6) is 0.399. The monoisotopic (exact) mass is 250 g/mol. The highest BCUT2D eigenvalue weighted by Gasteiger charge is 2.15. The van der Waals surface area contributed by atoms with Gasteiger partial charge in [0, 0.05) is 6.42 Å². The average Bonchev–Trinajstić information content (AvgIpc) is 2.39. The van der Waals surface area contributed by atoms with Gasteiger partial charge in [-0.2, -0.15) is 0 Å². The van der Waals surface area contributed by atoms with Gasteiger partial charge < -0.3 is 9.84 Å². The lowest BCUT2D eigenvalue weighted by Crippen LogP contribution is -2.19. The third-order valence-electron chi connectivity index (χ3n) is 3.10. The lowest BCUT2D eigenvalue weighted by atomic mass is 9.98. The molecule has 1 fully saturated rings. The molecule has 1 aromatic rings. The molecule has 5 heteroatoms. The standard InChI is InChI=1S/C13H18N2O3/c16-13(17)7-6-12-14-8-11(9-15-12)18-10-4-2-1-3-5-10/h8-10H,1-7H2,(H,16,17). The maximum atomic E-state index is 10.4. The smallest absolute Gasteiger partial charge is 0.303 e. The predicted octanol–water partition coefficient (Wildman–Crippen LogP) is 2.21. The van der Waals surface area contributed by atoms with Crippen molar-refractivity contribution in [2.24, 2.45) is 0 Å². The highest BCUT2D eigenvalue weighted by Crippen LogP contribution is 2.22. The summed E-state index contributed by atoms with van der Waals surface area (Å²) in [5, 5.41) is 8.57. The van der Waals surface area contributed by atoms with Gasteiger partial charge in [0.15, 0.2) is 5.75 Å². The van der Waals surface area contributed by atoms with E-state index < -0.39 is 5.97 Å². The van der Waals surface area contributed by atoms with E-state index in [0.717, 1.165) is 12.8 Å². The van der Waals surface area contributed by atoms with Crippen molar-refractivity contribution in [3.8, 4) is 5.75 Å². The first kappa shape index (κ1) is 12.8. The van der Waals surface area contributed by atoms with E-state index in [9.17, 15) is 4.79 Å². The molecule has 1 heterocycles. The SMILES string of the molecule is O=C(O)CCc1ncc(OC2CCCCC2)cn1. The van der Waals surface area contributed by atoms with Crippen LogP contribution in [0.1, 0.15) is 44.3 Å². The number of aromatic nitrogens is 2. The molecule has 0 radical (unpaired) electrons. The minimum Gasteiger partial charge on any atom is -0.487 e. The summed E-state index contributed by atoms with van der Waals surface area (Å²) in [7, 11) is 0. The van der Waals surface area contributed by atoms with E-state index >= 15 is 0 Å². The van der Waals surface area contributed by atoms with Gasteiger partial charge in [-0.05, 0) is 25.7 Å². The number of nitrogens with zero attached hydrogens (tertiary/aromatic N) is 2. The molecular formula is C13H18N2O3. The van der Waals surface area contributed by atoms with E-state index in [1.165, 1.54) is 19.3 Å². The van der Waals surface area contributed by atoms with Crippen LogP contribution in [-0.4, -0.2) is 27.1 Å². The number of hydrogen-bond acceptors (Lipinski definition) is 4. The normalized spacial score (nSPS) is 16.4. The Morgan fingerprint density at radius 3 is 2.56 bits per heavy atom. The van der Waals surface area contributed by atoms with Gasteiger partial charge in [-0.3, -0.25) is 4.79 Å². The zero-order valence-corrected chi connectivity index (χ0v) is 10.3. The number of aryl methyl sites for hydroxylation is 1. The molecule has 0 spiro atoms. The Kier molecular flexibility index (Phi) is 4.50. The molecule has 0 aliphatic heterocycles. The summed E-state index contributed by atoms with van der Waals surface area (Å²) < 4.78 is 5.79. The third kappa shape index (κ3) is 3.98. The second-order valence-electron chi connectivity index (χ2n) is 4.61. The number of ether oxygens (including phenoxy) is 1. The first-order valence-corrected chi connectivity index (χ1v) is 6.43. The molecule has 0 aromatic carbocycles. The molecule has 0 bridgehead atoms. The van der Waals surface area contributed by atoms with Crippen LogP contribution in [-0.2, 0) is 11.2 Å². The topological polar surface area (TPSA) is 72.3 Å². The second kappa shape index (κ2) is 6.33. The number of carboxylic acid groups (broad SMARTS) is 1. The molecule has 1 aromatic heterocycles. The summed E-state index contributed by atoms with van der Waals surface area (Å²) in [4.78, 5) is 18.7. The first-order valence-electron chi connectivity index (χ1n) is 6.43. The van der Waals surface area contributed by atoms with E-state index in [4.69, 9.17) is 9.84 Å². The highest BCUT2D eigenvalue weighted by molar-refractivity contribution is 5.66. The Balaban J connectivity index is 1.84. The molecule has 98 valence electrons. The molecule has 18 heavy (non-hydrogen) atoms. The lowest BCUT2D eigenvalue weighted by molar-refractivity contribution is -0.137. The molecular weight excluding hydrogens is 232 g/mol. The Bertz CT molecular complexity index is 386. The van der Waals surface area contributed by atoms with E-state index in [1.807, 2.05) is 0 Å². The molecule has 0 unspecified atom stereocenters. The molecule has 1 saturated carbocycles. The van der Waals surface area contributed by atoms with Gasteiger partial charge in [0.25, 0.3) is 0 Å². The van der Waals surface area contributed by atoms with Crippen LogP contribution < -0.4 is 4.74 Å². The number of rotatable bonds is 5. The Hall–Kier alpha value is -1.65. The first-order chi connectivity index (χ1) is 8.74. The van der Waals surface area contributed by atoms with Crippen molar-refractivity contribution in [3.63, 3.8) is 0 Å². The van der Waals surface area contributed by atoms with Crippen molar-refractivity contribution in [2.75, 3.05) is 0 Å². The van der Waals surface area contributed by atoms with Crippen LogP contribution >= 0.6 is 0 Å². The van der Waals surface area contributed by atoms with E-state index in [-0.39, 0.29) is 12.5 Å². The van der Waals surface area contributed by atoms with Crippen molar-refractivity contribution < 1.29 is 14.6 Å². The average molecular weight is 250 g/mol. The highest BCUT2D eigenvalue weighted by atomic mass is 16.5. The van der Waals surface area contributed by atoms with Crippen LogP contribution in [0.2, 0.25) is 0 Å². The quantitative estimate of drug-likeness (QED) is 0.867. The largest absolute Gasteiger partial charge is 0.487 e. The molecule has 0 saturated heterocycles. The van der Waals surface area contributed by atoms with Crippen LogP contribution in [0.5, 0.6) is 5.75 Å². The Morgan fingerprint density at radius 2 is 1.94 bits per heavy atom. The van der Waals surface area contributed by atoms with E-state index in [1.54, 1.807) is 12.4 Å². The molecule has 0 amide bonds. The van der Waals surface area contributed by atoms with Crippen molar-refractivity contribution in [1.82, 2.24) is 9.97 Å². The van der Waals surface area contributed by atoms with Gasteiger partial charge in [0.2, 0.25) is 0 Å². The van der Waals surface area contributed by atoms with Gasteiger partial charge >= 0.3 is 5.97 Å². The minimum atomic E-state index is -0.832. The zero-order chi connectivity index (χ0) is 12.8. The molecule has 0 atom stereocenters. The summed E-state index contributed by atoms with van der Waals surface area (Å²) in [6.07, 6.45) is 9.92. The summed E-state index contributed by atoms with van der Waals surface area (Å²) >= 11 is 0. The summed E-state index contributed by atoms with van der Waals surface area (Å²) in [6, 6.07) is 0. The molecule has 5 nitrogen and oxygen atoms in total. The van der Waals surface area contributed by atoms with Gasteiger partial charge in [0.1, 0.15) is 5.82 Å². The molecule has 1 N–H and O–H groups in total. The van der Waals surface area contributed by atoms with Gasteiger partial charge in [0.05, 0.1) is 24.9 Å². The van der Waals surface area contributed by atoms with E-state index in [2.05, 4.69) is 9.97 Å². The number of carboxylic acids is 1. The number of hydrogen-bond donors (Lipinski definition) is 1. The predicted molar refractivity (Wildman–Crippen MR) is 65.5 cm³/mol. The second-order valence-corrected chi connectivity index (χ2v) is 4.61. The van der Waals surface area contributed by atoms with Crippen molar-refractivity contribution in [2.45, 2.75) is 51.0 Å². The fraction of sp³-hybridized carbons (Fsp3) is 0.615. The maximum absolute atomic E-state index is 10.4.